The number of halogens is 1. The second-order valence-electron chi connectivity index (χ2n) is 6.85. The molecule has 0 aromatic heterocycles. The van der Waals surface area contributed by atoms with Crippen LogP contribution in [-0.4, -0.2) is 24.0 Å². The Morgan fingerprint density at radius 1 is 1.10 bits per heavy atom. The summed E-state index contributed by atoms with van der Waals surface area (Å²) in [5, 5.41) is 5.81. The predicted molar refractivity (Wildman–Crippen MR) is 128 cm³/mol. The summed E-state index contributed by atoms with van der Waals surface area (Å²) in [6.07, 6.45) is 0. The highest BCUT2D eigenvalue weighted by atomic mass is 79.9. The van der Waals surface area contributed by atoms with E-state index in [9.17, 15) is 9.59 Å². The van der Waals surface area contributed by atoms with Gasteiger partial charge in [0.15, 0.2) is 5.11 Å². The Bertz CT molecular complexity index is 1180. The van der Waals surface area contributed by atoms with Gasteiger partial charge in [-0.2, -0.15) is 0 Å². The molecule has 0 radical (unpaired) electrons. The summed E-state index contributed by atoms with van der Waals surface area (Å²) in [6.45, 7) is 0.549. The topological polar surface area (TPSA) is 70.7 Å². The van der Waals surface area contributed by atoms with E-state index in [-0.39, 0.29) is 16.9 Å². The van der Waals surface area contributed by atoms with Crippen LogP contribution in [0.15, 0.2) is 71.2 Å². The van der Waals surface area contributed by atoms with Crippen molar-refractivity contribution in [3.63, 3.8) is 0 Å². The molecule has 0 aliphatic carbocycles. The molecular weight excluding hydrogens is 478 g/mol. The highest BCUT2D eigenvalue weighted by Crippen LogP contribution is 2.29. The average molecular weight is 496 g/mol. The number of amides is 2. The first-order valence-corrected chi connectivity index (χ1v) is 10.6. The normalized spacial score (nSPS) is 12.3. The number of hydrogen-bond acceptors (Lipinski definition) is 4. The molecule has 0 spiro atoms. The summed E-state index contributed by atoms with van der Waals surface area (Å²) < 4.78 is 5.85. The second kappa shape index (κ2) is 8.87. The molecule has 0 fully saturated rings. The first-order valence-electron chi connectivity index (χ1n) is 9.42. The Morgan fingerprint density at radius 3 is 2.52 bits per heavy atom. The Morgan fingerprint density at radius 2 is 1.84 bits per heavy atom. The third-order valence-corrected chi connectivity index (χ3v) is 5.72. The standard InChI is InChI=1S/C23H18BrN3O3S/c1-30-20-11-6-14(12-19(20)24)21(28)26-23(31)25-16-7-9-17(10-8-16)27-13-15-4-2-3-5-18(15)22(27)29/h2-12H,13H2,1H3,(H2,25,26,28,31). The lowest BCUT2D eigenvalue weighted by atomic mass is 10.1. The van der Waals surface area contributed by atoms with Gasteiger partial charge in [0, 0.05) is 22.5 Å². The summed E-state index contributed by atoms with van der Waals surface area (Å²) in [7, 11) is 1.56. The second-order valence-corrected chi connectivity index (χ2v) is 8.12. The summed E-state index contributed by atoms with van der Waals surface area (Å²) in [5.74, 6) is 0.291. The zero-order chi connectivity index (χ0) is 22.0. The first-order chi connectivity index (χ1) is 15.0. The van der Waals surface area contributed by atoms with E-state index in [0.717, 1.165) is 16.8 Å². The van der Waals surface area contributed by atoms with Crippen molar-refractivity contribution in [2.24, 2.45) is 0 Å². The summed E-state index contributed by atoms with van der Waals surface area (Å²) in [4.78, 5) is 26.8. The molecule has 1 aliphatic rings. The minimum Gasteiger partial charge on any atom is -0.496 e. The largest absolute Gasteiger partial charge is 0.496 e. The van der Waals surface area contributed by atoms with Gasteiger partial charge in [0.25, 0.3) is 11.8 Å². The van der Waals surface area contributed by atoms with Crippen LogP contribution in [0.1, 0.15) is 26.3 Å². The average Bonchev–Trinajstić information content (AvgIpc) is 3.11. The fraction of sp³-hybridized carbons (Fsp3) is 0.0870. The van der Waals surface area contributed by atoms with Crippen molar-refractivity contribution in [1.29, 1.82) is 0 Å². The van der Waals surface area contributed by atoms with E-state index < -0.39 is 0 Å². The Balaban J connectivity index is 1.38. The van der Waals surface area contributed by atoms with E-state index in [1.54, 1.807) is 30.2 Å². The first kappa shape index (κ1) is 21.0. The van der Waals surface area contributed by atoms with Gasteiger partial charge in [0.2, 0.25) is 0 Å². The van der Waals surface area contributed by atoms with Gasteiger partial charge in [-0.25, -0.2) is 0 Å². The zero-order valence-electron chi connectivity index (χ0n) is 16.5. The highest BCUT2D eigenvalue weighted by Gasteiger charge is 2.27. The van der Waals surface area contributed by atoms with E-state index >= 15 is 0 Å². The minimum absolute atomic E-state index is 0.00949. The Kier molecular flexibility index (Phi) is 6.01. The molecule has 2 amide bonds. The van der Waals surface area contributed by atoms with Gasteiger partial charge in [-0.05, 0) is 82.2 Å². The van der Waals surface area contributed by atoms with Gasteiger partial charge in [0.1, 0.15) is 5.75 Å². The van der Waals surface area contributed by atoms with Crippen molar-refractivity contribution in [1.82, 2.24) is 5.32 Å². The number of fused-ring (bicyclic) bond motifs is 1. The van der Waals surface area contributed by atoms with Crippen molar-refractivity contribution in [3.05, 3.63) is 87.9 Å². The maximum absolute atomic E-state index is 12.6. The molecule has 156 valence electrons. The molecule has 1 heterocycles. The number of anilines is 2. The van der Waals surface area contributed by atoms with Crippen LogP contribution >= 0.6 is 28.1 Å². The molecule has 31 heavy (non-hydrogen) atoms. The summed E-state index contributed by atoms with van der Waals surface area (Å²) >= 11 is 8.62. The third kappa shape index (κ3) is 4.45. The SMILES string of the molecule is COc1ccc(C(=O)NC(=S)Nc2ccc(N3Cc4ccccc4C3=O)cc2)cc1Br. The number of carbonyl (C=O) groups is 2. The van der Waals surface area contributed by atoms with Crippen molar-refractivity contribution in [2.75, 3.05) is 17.3 Å². The summed E-state index contributed by atoms with van der Waals surface area (Å²) in [5.41, 5.74) is 3.70. The van der Waals surface area contributed by atoms with Crippen LogP contribution < -0.4 is 20.3 Å². The number of rotatable bonds is 4. The van der Waals surface area contributed by atoms with Crippen LogP contribution in [0.2, 0.25) is 0 Å². The van der Waals surface area contributed by atoms with Crippen molar-refractivity contribution < 1.29 is 14.3 Å². The molecule has 1 aliphatic heterocycles. The van der Waals surface area contributed by atoms with E-state index in [1.807, 2.05) is 48.5 Å². The van der Waals surface area contributed by atoms with Gasteiger partial charge in [-0.3, -0.25) is 14.9 Å². The molecular formula is C23H18BrN3O3S. The number of hydrogen-bond donors (Lipinski definition) is 2. The number of methoxy groups -OCH3 is 1. The molecule has 0 atom stereocenters. The number of carbonyl (C=O) groups excluding carboxylic acids is 2. The molecule has 0 saturated carbocycles. The molecule has 2 N–H and O–H groups in total. The minimum atomic E-state index is -0.335. The lowest BCUT2D eigenvalue weighted by molar-refractivity contribution is 0.0974. The molecule has 6 nitrogen and oxygen atoms in total. The number of ether oxygens (including phenoxy) is 1. The fourth-order valence-corrected chi connectivity index (χ4v) is 4.08. The van der Waals surface area contributed by atoms with Crippen molar-refractivity contribution in [2.45, 2.75) is 6.54 Å². The predicted octanol–water partition coefficient (Wildman–Crippen LogP) is 4.74. The molecule has 8 heteroatoms. The smallest absolute Gasteiger partial charge is 0.258 e. The van der Waals surface area contributed by atoms with Gasteiger partial charge >= 0.3 is 0 Å². The Hall–Kier alpha value is -3.23. The lowest BCUT2D eigenvalue weighted by Crippen LogP contribution is -2.34. The van der Waals surface area contributed by atoms with Crippen molar-refractivity contribution >= 4 is 56.4 Å². The van der Waals surface area contributed by atoms with Gasteiger partial charge in [0.05, 0.1) is 18.1 Å². The molecule has 3 aromatic rings. The molecule has 0 unspecified atom stereocenters. The third-order valence-electron chi connectivity index (χ3n) is 4.90. The quantitative estimate of drug-likeness (QED) is 0.511. The molecule has 4 rings (SSSR count). The number of thiocarbonyl (C=S) groups is 1. The van der Waals surface area contributed by atoms with Gasteiger partial charge in [-0.15, -0.1) is 0 Å². The van der Waals surface area contributed by atoms with E-state index in [1.165, 1.54) is 0 Å². The summed E-state index contributed by atoms with van der Waals surface area (Å²) in [6, 6.07) is 19.9. The Labute approximate surface area is 193 Å². The monoisotopic (exact) mass is 495 g/mol. The highest BCUT2D eigenvalue weighted by molar-refractivity contribution is 9.10. The van der Waals surface area contributed by atoms with E-state index in [2.05, 4.69) is 26.6 Å². The molecule has 0 saturated heterocycles. The van der Waals surface area contributed by atoms with Crippen LogP contribution in [0.5, 0.6) is 5.75 Å². The maximum Gasteiger partial charge on any atom is 0.258 e. The van der Waals surface area contributed by atoms with Gasteiger partial charge in [-0.1, -0.05) is 18.2 Å². The number of nitrogens with one attached hydrogen (secondary N) is 2. The van der Waals surface area contributed by atoms with Crippen LogP contribution in [0.4, 0.5) is 11.4 Å². The van der Waals surface area contributed by atoms with E-state index in [0.29, 0.717) is 28.0 Å². The lowest BCUT2D eigenvalue weighted by Gasteiger charge is -2.17. The number of benzene rings is 3. The van der Waals surface area contributed by atoms with Gasteiger partial charge < -0.3 is 15.0 Å². The molecule has 3 aromatic carbocycles. The van der Waals surface area contributed by atoms with Crippen LogP contribution in [0.25, 0.3) is 0 Å². The van der Waals surface area contributed by atoms with Crippen LogP contribution in [0.3, 0.4) is 0 Å². The van der Waals surface area contributed by atoms with E-state index in [4.69, 9.17) is 17.0 Å². The van der Waals surface area contributed by atoms with Crippen LogP contribution in [-0.2, 0) is 6.54 Å². The van der Waals surface area contributed by atoms with Crippen molar-refractivity contribution in [3.8, 4) is 5.75 Å². The maximum atomic E-state index is 12.6. The van der Waals surface area contributed by atoms with Crippen LogP contribution in [0, 0.1) is 0 Å². The zero-order valence-corrected chi connectivity index (χ0v) is 18.9. The number of nitrogens with zero attached hydrogens (tertiary/aromatic N) is 1. The molecule has 0 bridgehead atoms. The fourth-order valence-electron chi connectivity index (χ4n) is 3.33.